The minimum Gasteiger partial charge on any atom is -0.309 e. The lowest BCUT2D eigenvalue weighted by molar-refractivity contribution is -0.139. The van der Waals surface area contributed by atoms with E-state index in [1.807, 2.05) is 0 Å². The zero-order valence-electron chi connectivity index (χ0n) is 14.7. The van der Waals surface area contributed by atoms with Crippen molar-refractivity contribution in [3.63, 3.8) is 0 Å². The fraction of sp³-hybridized carbons (Fsp3) is 0.250. The summed E-state index contributed by atoms with van der Waals surface area (Å²) in [6.45, 7) is 2.19. The molecule has 3 rings (SSSR count). The van der Waals surface area contributed by atoms with Gasteiger partial charge in [0.15, 0.2) is 11.6 Å². The Balaban J connectivity index is 1.76. The Labute approximate surface area is 155 Å². The van der Waals surface area contributed by atoms with E-state index in [-0.39, 0.29) is 49.3 Å². The number of carbonyl (C=O) groups is 3. The SMILES string of the molecule is CCN(C(=O)c1ccc(CN2C(=O)CCC2=O)cc1)c1ccc(F)c(F)c1. The molecule has 1 aliphatic rings. The van der Waals surface area contributed by atoms with Crippen LogP contribution in [0, 0.1) is 11.6 Å². The molecule has 0 aromatic heterocycles. The van der Waals surface area contributed by atoms with Crippen LogP contribution in [0.1, 0.15) is 35.7 Å². The number of amides is 3. The molecule has 0 N–H and O–H groups in total. The first-order valence-electron chi connectivity index (χ1n) is 8.59. The minimum absolute atomic E-state index is 0.173. The highest BCUT2D eigenvalue weighted by atomic mass is 19.2. The summed E-state index contributed by atoms with van der Waals surface area (Å²) in [7, 11) is 0. The van der Waals surface area contributed by atoms with Crippen molar-refractivity contribution in [2.24, 2.45) is 0 Å². The first-order valence-corrected chi connectivity index (χ1v) is 8.59. The maximum Gasteiger partial charge on any atom is 0.258 e. The Bertz CT molecular complexity index is 881. The van der Waals surface area contributed by atoms with E-state index in [1.165, 1.54) is 15.9 Å². The van der Waals surface area contributed by atoms with Crippen LogP contribution in [0.3, 0.4) is 0 Å². The first kappa shape index (κ1) is 18.7. The van der Waals surface area contributed by atoms with Gasteiger partial charge in [0.2, 0.25) is 11.8 Å². The number of halogens is 2. The van der Waals surface area contributed by atoms with Crippen LogP contribution in [0.25, 0.3) is 0 Å². The maximum absolute atomic E-state index is 13.5. The van der Waals surface area contributed by atoms with Crippen LogP contribution >= 0.6 is 0 Å². The lowest BCUT2D eigenvalue weighted by Crippen LogP contribution is -2.31. The summed E-state index contributed by atoms with van der Waals surface area (Å²) in [5, 5.41) is 0. The summed E-state index contributed by atoms with van der Waals surface area (Å²) in [5.41, 5.74) is 1.36. The van der Waals surface area contributed by atoms with Crippen LogP contribution in [0.2, 0.25) is 0 Å². The summed E-state index contributed by atoms with van der Waals surface area (Å²) in [4.78, 5) is 38.6. The van der Waals surface area contributed by atoms with Crippen molar-refractivity contribution in [2.75, 3.05) is 11.4 Å². The van der Waals surface area contributed by atoms with E-state index in [2.05, 4.69) is 0 Å². The van der Waals surface area contributed by atoms with Crippen molar-refractivity contribution < 1.29 is 23.2 Å². The first-order chi connectivity index (χ1) is 12.9. The molecule has 5 nitrogen and oxygen atoms in total. The molecule has 1 heterocycles. The van der Waals surface area contributed by atoms with Gasteiger partial charge in [0, 0.05) is 36.7 Å². The third-order valence-corrected chi connectivity index (χ3v) is 4.47. The van der Waals surface area contributed by atoms with Crippen LogP contribution < -0.4 is 4.90 Å². The maximum atomic E-state index is 13.5. The molecule has 0 bridgehead atoms. The lowest BCUT2D eigenvalue weighted by Gasteiger charge is -2.21. The highest BCUT2D eigenvalue weighted by Crippen LogP contribution is 2.21. The molecular formula is C20H18F2N2O3. The van der Waals surface area contributed by atoms with Crippen LogP contribution in [-0.2, 0) is 16.1 Å². The van der Waals surface area contributed by atoms with E-state index < -0.39 is 11.6 Å². The van der Waals surface area contributed by atoms with Crippen molar-refractivity contribution in [1.82, 2.24) is 4.90 Å². The predicted molar refractivity (Wildman–Crippen MR) is 94.9 cm³/mol. The largest absolute Gasteiger partial charge is 0.309 e. The third-order valence-electron chi connectivity index (χ3n) is 4.47. The molecule has 2 aromatic rings. The molecule has 7 heteroatoms. The Kier molecular flexibility index (Phi) is 5.30. The summed E-state index contributed by atoms with van der Waals surface area (Å²) in [5.74, 6) is -2.75. The van der Waals surface area contributed by atoms with Crippen molar-refractivity contribution in [2.45, 2.75) is 26.3 Å². The van der Waals surface area contributed by atoms with Crippen LogP contribution in [0.15, 0.2) is 42.5 Å². The average Bonchev–Trinajstić information content (AvgIpc) is 2.97. The van der Waals surface area contributed by atoms with E-state index in [4.69, 9.17) is 0 Å². The standard InChI is InChI=1S/C20H18F2N2O3/c1-2-23(15-7-8-16(21)17(22)11-15)20(27)14-5-3-13(4-6-14)12-24-18(25)9-10-19(24)26/h3-8,11H,2,9-10,12H2,1H3. The van der Waals surface area contributed by atoms with E-state index in [0.29, 0.717) is 5.56 Å². The molecule has 3 amide bonds. The summed E-state index contributed by atoms with van der Waals surface area (Å²) in [6.07, 6.45) is 0.462. The van der Waals surface area contributed by atoms with Crippen molar-refractivity contribution >= 4 is 23.4 Å². The molecule has 1 aliphatic heterocycles. The van der Waals surface area contributed by atoms with E-state index >= 15 is 0 Å². The summed E-state index contributed by atoms with van der Waals surface area (Å²) >= 11 is 0. The topological polar surface area (TPSA) is 57.7 Å². The van der Waals surface area contributed by atoms with Gasteiger partial charge in [-0.3, -0.25) is 19.3 Å². The van der Waals surface area contributed by atoms with Gasteiger partial charge in [-0.05, 0) is 36.8 Å². The van der Waals surface area contributed by atoms with Gasteiger partial charge in [-0.2, -0.15) is 0 Å². The van der Waals surface area contributed by atoms with Crippen LogP contribution in [0.5, 0.6) is 0 Å². The third kappa shape index (κ3) is 3.86. The molecule has 1 fully saturated rings. The Morgan fingerprint density at radius 1 is 1.00 bits per heavy atom. The number of nitrogens with zero attached hydrogens (tertiary/aromatic N) is 2. The molecule has 140 valence electrons. The molecular weight excluding hydrogens is 354 g/mol. The van der Waals surface area contributed by atoms with Crippen molar-refractivity contribution in [3.8, 4) is 0 Å². The quantitative estimate of drug-likeness (QED) is 0.757. The number of hydrogen-bond acceptors (Lipinski definition) is 3. The number of anilines is 1. The predicted octanol–water partition coefficient (Wildman–Crippen LogP) is 3.28. The van der Waals surface area contributed by atoms with Crippen molar-refractivity contribution in [3.05, 3.63) is 65.2 Å². The molecule has 27 heavy (non-hydrogen) atoms. The van der Waals surface area contributed by atoms with Gasteiger partial charge in [-0.15, -0.1) is 0 Å². The van der Waals surface area contributed by atoms with Gasteiger partial charge in [0.25, 0.3) is 5.91 Å². The number of benzene rings is 2. The highest BCUT2D eigenvalue weighted by Gasteiger charge is 2.28. The van der Waals surface area contributed by atoms with Gasteiger partial charge in [-0.1, -0.05) is 12.1 Å². The lowest BCUT2D eigenvalue weighted by atomic mass is 10.1. The van der Waals surface area contributed by atoms with Crippen molar-refractivity contribution in [1.29, 1.82) is 0 Å². The normalized spacial score (nSPS) is 14.0. The average molecular weight is 372 g/mol. The molecule has 2 aromatic carbocycles. The molecule has 0 spiro atoms. The molecule has 1 saturated heterocycles. The number of rotatable bonds is 5. The zero-order valence-corrected chi connectivity index (χ0v) is 14.7. The highest BCUT2D eigenvalue weighted by molar-refractivity contribution is 6.06. The molecule has 0 radical (unpaired) electrons. The van der Waals surface area contributed by atoms with Gasteiger partial charge in [0.1, 0.15) is 0 Å². The second-order valence-electron chi connectivity index (χ2n) is 6.22. The number of hydrogen-bond donors (Lipinski definition) is 0. The van der Waals surface area contributed by atoms with Gasteiger partial charge in [0.05, 0.1) is 6.54 Å². The molecule has 0 aliphatic carbocycles. The number of imide groups is 1. The van der Waals surface area contributed by atoms with Gasteiger partial charge >= 0.3 is 0 Å². The second kappa shape index (κ2) is 7.65. The van der Waals surface area contributed by atoms with Crippen LogP contribution in [0.4, 0.5) is 14.5 Å². The molecule has 0 unspecified atom stereocenters. The van der Waals surface area contributed by atoms with Gasteiger partial charge < -0.3 is 4.90 Å². The fourth-order valence-corrected chi connectivity index (χ4v) is 2.99. The van der Waals surface area contributed by atoms with Crippen LogP contribution in [-0.4, -0.2) is 29.2 Å². The second-order valence-corrected chi connectivity index (χ2v) is 6.22. The zero-order chi connectivity index (χ0) is 19.6. The minimum atomic E-state index is -1.02. The van der Waals surface area contributed by atoms with E-state index in [0.717, 1.165) is 17.7 Å². The van der Waals surface area contributed by atoms with E-state index in [9.17, 15) is 23.2 Å². The Morgan fingerprint density at radius 2 is 1.63 bits per heavy atom. The monoisotopic (exact) mass is 372 g/mol. The number of likely N-dealkylation sites (tertiary alicyclic amines) is 1. The molecule has 0 atom stereocenters. The smallest absolute Gasteiger partial charge is 0.258 e. The fourth-order valence-electron chi connectivity index (χ4n) is 2.99. The number of carbonyl (C=O) groups excluding carboxylic acids is 3. The van der Waals surface area contributed by atoms with Gasteiger partial charge in [-0.25, -0.2) is 8.78 Å². The summed E-state index contributed by atoms with van der Waals surface area (Å²) < 4.78 is 26.6. The Morgan fingerprint density at radius 3 is 2.19 bits per heavy atom. The Hall–Kier alpha value is -3.09. The van der Waals surface area contributed by atoms with E-state index in [1.54, 1.807) is 31.2 Å². The molecule has 0 saturated carbocycles. The summed E-state index contributed by atoms with van der Waals surface area (Å²) in [6, 6.07) is 9.83.